The van der Waals surface area contributed by atoms with E-state index in [0.717, 1.165) is 5.71 Å². The zero-order chi connectivity index (χ0) is 10.9. The monoisotopic (exact) mass is 216 g/mol. The van der Waals surface area contributed by atoms with Gasteiger partial charge in [0, 0.05) is 6.92 Å². The predicted octanol–water partition coefficient (Wildman–Crippen LogP) is 0.752. The zero-order valence-corrected chi connectivity index (χ0v) is 9.85. The van der Waals surface area contributed by atoms with E-state index < -0.39 is 11.4 Å². The van der Waals surface area contributed by atoms with Crippen LogP contribution in [0.2, 0.25) is 0 Å². The minimum absolute atomic E-state index is 0.0468. The van der Waals surface area contributed by atoms with E-state index >= 15 is 0 Å². The Morgan fingerprint density at radius 1 is 1.50 bits per heavy atom. The van der Waals surface area contributed by atoms with E-state index in [1.807, 2.05) is 20.8 Å². The number of nitrogens with zero attached hydrogens (tertiary/aromatic N) is 2. The van der Waals surface area contributed by atoms with Gasteiger partial charge in [-0.25, -0.2) is 0 Å². The Balaban J connectivity index is 2.47. The topological polar surface area (TPSA) is 55.7 Å². The quantitative estimate of drug-likeness (QED) is 0.607. The highest BCUT2D eigenvalue weighted by Crippen LogP contribution is 2.18. The van der Waals surface area contributed by atoms with E-state index in [0.29, 0.717) is 13.1 Å². The molecule has 80 valence electrons. The molecule has 0 aromatic carbocycles. The Kier molecular flexibility index (Phi) is 3.21. The van der Waals surface area contributed by atoms with Gasteiger partial charge < -0.3 is 9.45 Å². The zero-order valence-electron chi connectivity index (χ0n) is 9.03. The Bertz CT molecular complexity index is 262. The van der Waals surface area contributed by atoms with Gasteiger partial charge in [-0.15, -0.1) is 0 Å². The first kappa shape index (κ1) is 11.5. The largest absolute Gasteiger partial charge is 0.591 e. The van der Waals surface area contributed by atoms with Gasteiger partial charge in [-0.3, -0.25) is 4.79 Å². The fraction of sp³-hybridized carbons (Fsp3) is 0.778. The summed E-state index contributed by atoms with van der Waals surface area (Å²) in [7, 11) is 0. The van der Waals surface area contributed by atoms with Crippen molar-refractivity contribution in [2.45, 2.75) is 32.4 Å². The Labute approximate surface area is 87.7 Å². The number of rotatable bonds is 1. The molecule has 1 aliphatic rings. The maximum atomic E-state index is 11.6. The first-order valence-electron chi connectivity index (χ1n) is 4.54. The molecule has 1 amide bonds. The first-order chi connectivity index (χ1) is 6.30. The second-order valence-corrected chi connectivity index (χ2v) is 6.30. The van der Waals surface area contributed by atoms with Crippen molar-refractivity contribution in [3.8, 4) is 0 Å². The van der Waals surface area contributed by atoms with Crippen molar-refractivity contribution in [1.82, 2.24) is 4.90 Å². The summed E-state index contributed by atoms with van der Waals surface area (Å²) in [5.74, 6) is 0.0468. The smallest absolute Gasteiger partial charge is 0.220 e. The van der Waals surface area contributed by atoms with Crippen LogP contribution in [0.25, 0.3) is 0 Å². The molecule has 0 aromatic heterocycles. The molecule has 5 heteroatoms. The molecule has 0 radical (unpaired) electrons. The van der Waals surface area contributed by atoms with Gasteiger partial charge in [0.15, 0.2) is 0 Å². The molecular weight excluding hydrogens is 200 g/mol. The average Bonchev–Trinajstić information content (AvgIpc) is 1.92. The van der Waals surface area contributed by atoms with Crippen LogP contribution in [0.3, 0.4) is 0 Å². The van der Waals surface area contributed by atoms with Crippen LogP contribution in [0.5, 0.6) is 0 Å². The molecule has 0 aliphatic carbocycles. The molecule has 1 fully saturated rings. The van der Waals surface area contributed by atoms with Crippen molar-refractivity contribution in [3.05, 3.63) is 0 Å². The lowest BCUT2D eigenvalue weighted by molar-refractivity contribution is -0.128. The Morgan fingerprint density at radius 3 is 2.36 bits per heavy atom. The molecule has 0 aromatic rings. The number of likely N-dealkylation sites (tertiary alicyclic amines) is 1. The molecule has 0 bridgehead atoms. The highest BCUT2D eigenvalue weighted by molar-refractivity contribution is 7.91. The summed E-state index contributed by atoms with van der Waals surface area (Å²) in [6.07, 6.45) is 0. The summed E-state index contributed by atoms with van der Waals surface area (Å²) in [5.41, 5.74) is 0.855. The molecular formula is C9H16N2O2S. The summed E-state index contributed by atoms with van der Waals surface area (Å²) < 4.78 is 15.3. The van der Waals surface area contributed by atoms with E-state index in [-0.39, 0.29) is 10.7 Å². The molecule has 14 heavy (non-hydrogen) atoms. The summed E-state index contributed by atoms with van der Waals surface area (Å²) in [4.78, 5) is 12.5. The molecule has 1 heterocycles. The Morgan fingerprint density at radius 2 is 2.00 bits per heavy atom. The fourth-order valence-corrected chi connectivity index (χ4v) is 1.55. The molecule has 1 rings (SSSR count). The van der Waals surface area contributed by atoms with Crippen molar-refractivity contribution < 1.29 is 9.35 Å². The molecule has 1 aliphatic heterocycles. The number of carbonyl (C=O) groups excluding carboxylic acids is 1. The van der Waals surface area contributed by atoms with E-state index in [9.17, 15) is 9.35 Å². The third-order valence-corrected chi connectivity index (χ3v) is 3.40. The average molecular weight is 216 g/mol. The lowest BCUT2D eigenvalue weighted by Crippen LogP contribution is -2.50. The second kappa shape index (κ2) is 3.90. The van der Waals surface area contributed by atoms with Crippen LogP contribution in [0, 0.1) is 0 Å². The lowest BCUT2D eigenvalue weighted by Gasteiger charge is -2.31. The standard InChI is InChI=1S/C9H16N2O2S/c1-7(12)11-5-8(6-11)10-14(13)9(2,3)4/h5-6H2,1-4H3. The van der Waals surface area contributed by atoms with Crippen LogP contribution in [-0.4, -0.2) is 38.9 Å². The molecule has 4 nitrogen and oxygen atoms in total. The van der Waals surface area contributed by atoms with Crippen molar-refractivity contribution in [2.75, 3.05) is 13.1 Å². The van der Waals surface area contributed by atoms with Gasteiger partial charge in [-0.05, 0) is 20.8 Å². The SMILES string of the molecule is CC(=O)N1CC(=N[S+]([O-])C(C)(C)C)C1. The van der Waals surface area contributed by atoms with Gasteiger partial charge in [-0.2, -0.15) is 0 Å². The van der Waals surface area contributed by atoms with Crippen molar-refractivity contribution in [2.24, 2.45) is 4.40 Å². The van der Waals surface area contributed by atoms with Crippen molar-refractivity contribution in [1.29, 1.82) is 0 Å². The van der Waals surface area contributed by atoms with Gasteiger partial charge in [0.1, 0.15) is 21.8 Å². The maximum absolute atomic E-state index is 11.6. The summed E-state index contributed by atoms with van der Waals surface area (Å²) in [5, 5.41) is 0. The van der Waals surface area contributed by atoms with Crippen LogP contribution in [0.15, 0.2) is 4.40 Å². The van der Waals surface area contributed by atoms with Crippen LogP contribution < -0.4 is 0 Å². The summed E-state index contributed by atoms with van der Waals surface area (Å²) >= 11 is -1.19. The van der Waals surface area contributed by atoms with Gasteiger partial charge in [0.25, 0.3) is 0 Å². The molecule has 1 unspecified atom stereocenters. The van der Waals surface area contributed by atoms with Gasteiger partial charge in [0.2, 0.25) is 5.91 Å². The first-order valence-corrected chi connectivity index (χ1v) is 5.65. The molecule has 0 saturated carbocycles. The molecule has 1 atom stereocenters. The van der Waals surface area contributed by atoms with Crippen LogP contribution in [-0.2, 0) is 16.2 Å². The minimum Gasteiger partial charge on any atom is -0.591 e. The fourth-order valence-electron chi connectivity index (χ4n) is 0.929. The van der Waals surface area contributed by atoms with Crippen LogP contribution in [0.4, 0.5) is 0 Å². The number of amides is 1. The summed E-state index contributed by atoms with van der Waals surface area (Å²) in [6.45, 7) is 8.25. The van der Waals surface area contributed by atoms with Crippen LogP contribution >= 0.6 is 0 Å². The number of hydrogen-bond acceptors (Lipinski definition) is 3. The predicted molar refractivity (Wildman–Crippen MR) is 57.6 cm³/mol. The van der Waals surface area contributed by atoms with E-state index in [2.05, 4.69) is 4.40 Å². The second-order valence-electron chi connectivity index (χ2n) is 4.39. The van der Waals surface area contributed by atoms with E-state index in [1.165, 1.54) is 6.92 Å². The number of hydrogen-bond donors (Lipinski definition) is 0. The van der Waals surface area contributed by atoms with E-state index in [4.69, 9.17) is 0 Å². The van der Waals surface area contributed by atoms with Gasteiger partial charge in [-0.1, -0.05) is 4.40 Å². The summed E-state index contributed by atoms with van der Waals surface area (Å²) in [6, 6.07) is 0. The highest BCUT2D eigenvalue weighted by atomic mass is 32.2. The third-order valence-electron chi connectivity index (χ3n) is 1.93. The molecule has 1 saturated heterocycles. The normalized spacial score (nSPS) is 18.9. The van der Waals surface area contributed by atoms with Gasteiger partial charge in [0.05, 0.1) is 13.1 Å². The van der Waals surface area contributed by atoms with Crippen LogP contribution in [0.1, 0.15) is 27.7 Å². The maximum Gasteiger partial charge on any atom is 0.220 e. The number of carbonyl (C=O) groups is 1. The third kappa shape index (κ3) is 2.72. The molecule has 0 N–H and O–H groups in total. The minimum atomic E-state index is -1.19. The van der Waals surface area contributed by atoms with E-state index in [1.54, 1.807) is 4.90 Å². The highest BCUT2D eigenvalue weighted by Gasteiger charge is 2.31. The van der Waals surface area contributed by atoms with Gasteiger partial charge >= 0.3 is 0 Å². The van der Waals surface area contributed by atoms with Crippen molar-refractivity contribution >= 4 is 23.0 Å². The molecule has 0 spiro atoms. The van der Waals surface area contributed by atoms with Crippen molar-refractivity contribution in [3.63, 3.8) is 0 Å². The lowest BCUT2D eigenvalue weighted by atomic mass is 10.2. The Hall–Kier alpha value is -0.550.